The number of carbonyl (C=O) groups excluding carboxylic acids is 1. The Hall–Kier alpha value is -2.96. The van der Waals surface area contributed by atoms with Gasteiger partial charge < -0.3 is 9.88 Å². The molecule has 1 aliphatic carbocycles. The van der Waals surface area contributed by atoms with Gasteiger partial charge in [0.05, 0.1) is 10.9 Å². The summed E-state index contributed by atoms with van der Waals surface area (Å²) in [5.74, 6) is -0.285. The normalized spacial score (nSPS) is 14.8. The summed E-state index contributed by atoms with van der Waals surface area (Å²) < 4.78 is 3.40. The van der Waals surface area contributed by atoms with Crippen LogP contribution in [0.4, 0.5) is 0 Å². The van der Waals surface area contributed by atoms with Crippen LogP contribution < -0.4 is 16.4 Å². The van der Waals surface area contributed by atoms with Gasteiger partial charge in [-0.3, -0.25) is 19.4 Å². The van der Waals surface area contributed by atoms with E-state index in [-0.39, 0.29) is 28.6 Å². The fraction of sp³-hybridized carbons (Fsp3) is 0.520. The minimum atomic E-state index is -0.285. The molecular formula is C25H33N5O2. The van der Waals surface area contributed by atoms with Gasteiger partial charge in [-0.25, -0.2) is 4.98 Å². The van der Waals surface area contributed by atoms with E-state index in [2.05, 4.69) is 12.2 Å². The Morgan fingerprint density at radius 3 is 2.72 bits per heavy atom. The van der Waals surface area contributed by atoms with E-state index in [1.807, 2.05) is 23.6 Å². The molecule has 0 unspecified atom stereocenters. The molecule has 4 rings (SSSR count). The van der Waals surface area contributed by atoms with Crippen molar-refractivity contribution in [2.75, 3.05) is 6.54 Å². The molecule has 7 heteroatoms. The Balaban J connectivity index is 1.86. The van der Waals surface area contributed by atoms with Crippen LogP contribution in [0.15, 0.2) is 29.2 Å². The van der Waals surface area contributed by atoms with Crippen LogP contribution in [0, 0.1) is 12.3 Å². The zero-order valence-corrected chi connectivity index (χ0v) is 19.1. The van der Waals surface area contributed by atoms with Gasteiger partial charge in [0.15, 0.2) is 0 Å². The predicted octanol–water partition coefficient (Wildman–Crippen LogP) is 4.25. The topological polar surface area (TPSA) is 92.2 Å². The number of amides is 1. The number of nitrogens with one attached hydrogen (secondary N) is 2. The van der Waals surface area contributed by atoms with Gasteiger partial charge in [0.1, 0.15) is 16.8 Å². The Kier molecular flexibility index (Phi) is 6.72. The van der Waals surface area contributed by atoms with Crippen LogP contribution in [0.3, 0.4) is 0 Å². The number of carbonyl (C=O) groups is 1. The summed E-state index contributed by atoms with van der Waals surface area (Å²) >= 11 is 0. The molecule has 0 radical (unpaired) electrons. The van der Waals surface area contributed by atoms with Crippen molar-refractivity contribution in [1.82, 2.24) is 19.3 Å². The Labute approximate surface area is 188 Å². The highest BCUT2D eigenvalue weighted by Gasteiger charge is 2.23. The summed E-state index contributed by atoms with van der Waals surface area (Å²) in [6, 6.07) is 5.41. The molecule has 1 fully saturated rings. The molecule has 1 amide bonds. The van der Waals surface area contributed by atoms with Crippen LogP contribution >= 0.6 is 0 Å². The van der Waals surface area contributed by atoms with Crippen LogP contribution in [0.1, 0.15) is 86.7 Å². The number of unbranched alkanes of at least 4 members (excludes halogenated alkanes) is 3. The van der Waals surface area contributed by atoms with E-state index >= 15 is 0 Å². The van der Waals surface area contributed by atoms with E-state index in [9.17, 15) is 9.59 Å². The number of hydrogen-bond donors (Lipinski definition) is 2. The van der Waals surface area contributed by atoms with Crippen molar-refractivity contribution in [3.05, 3.63) is 51.4 Å². The SMILES string of the molecule is CCCCCCNC(=O)c1cc2c(=O)n3cccc(C)c3nc2n(C2CCCCC2)c1=N. The lowest BCUT2D eigenvalue weighted by molar-refractivity contribution is 0.0950. The maximum Gasteiger partial charge on any atom is 0.267 e. The summed E-state index contributed by atoms with van der Waals surface area (Å²) in [4.78, 5) is 31.3. The summed E-state index contributed by atoms with van der Waals surface area (Å²) in [6.07, 6.45) is 11.2. The predicted molar refractivity (Wildman–Crippen MR) is 126 cm³/mol. The third kappa shape index (κ3) is 4.20. The van der Waals surface area contributed by atoms with Crippen molar-refractivity contribution in [3.63, 3.8) is 0 Å². The zero-order chi connectivity index (χ0) is 22.7. The Bertz CT molecular complexity index is 1250. The largest absolute Gasteiger partial charge is 0.352 e. The molecule has 0 aliphatic heterocycles. The second kappa shape index (κ2) is 9.67. The fourth-order valence-corrected chi connectivity index (χ4v) is 4.78. The summed E-state index contributed by atoms with van der Waals surface area (Å²) in [7, 11) is 0. The summed E-state index contributed by atoms with van der Waals surface area (Å²) in [6.45, 7) is 4.66. The van der Waals surface area contributed by atoms with Gasteiger partial charge in [-0.05, 0) is 43.9 Å². The number of aromatic nitrogens is 3. The molecule has 3 aromatic heterocycles. The van der Waals surface area contributed by atoms with E-state index < -0.39 is 0 Å². The minimum absolute atomic E-state index is 0.0782. The maximum absolute atomic E-state index is 13.4. The molecule has 0 bridgehead atoms. The fourth-order valence-electron chi connectivity index (χ4n) is 4.78. The zero-order valence-electron chi connectivity index (χ0n) is 19.1. The van der Waals surface area contributed by atoms with Crippen molar-refractivity contribution >= 4 is 22.6 Å². The highest BCUT2D eigenvalue weighted by molar-refractivity contribution is 5.96. The molecule has 170 valence electrons. The van der Waals surface area contributed by atoms with Crippen molar-refractivity contribution in [2.45, 2.75) is 77.7 Å². The molecule has 1 aliphatic rings. The second-order valence-electron chi connectivity index (χ2n) is 8.92. The third-order valence-corrected chi connectivity index (χ3v) is 6.58. The second-order valence-corrected chi connectivity index (χ2v) is 8.92. The molecule has 0 saturated heterocycles. The maximum atomic E-state index is 13.4. The molecular weight excluding hydrogens is 402 g/mol. The summed E-state index contributed by atoms with van der Waals surface area (Å²) in [5.41, 5.74) is 2.23. The van der Waals surface area contributed by atoms with Gasteiger partial charge in [-0.2, -0.15) is 0 Å². The van der Waals surface area contributed by atoms with Gasteiger partial charge >= 0.3 is 0 Å². The average Bonchev–Trinajstić information content (AvgIpc) is 2.80. The molecule has 7 nitrogen and oxygen atoms in total. The number of aryl methyl sites for hydroxylation is 1. The lowest BCUT2D eigenvalue weighted by atomic mass is 9.94. The van der Waals surface area contributed by atoms with Crippen LogP contribution in [-0.2, 0) is 0 Å². The molecule has 0 spiro atoms. The number of pyridine rings is 2. The van der Waals surface area contributed by atoms with E-state index in [4.69, 9.17) is 10.4 Å². The van der Waals surface area contributed by atoms with Crippen LogP contribution in [-0.4, -0.2) is 26.4 Å². The van der Waals surface area contributed by atoms with Crippen LogP contribution in [0.2, 0.25) is 0 Å². The number of fused-ring (bicyclic) bond motifs is 2. The minimum Gasteiger partial charge on any atom is -0.352 e. The first-order chi connectivity index (χ1) is 15.5. The van der Waals surface area contributed by atoms with E-state index in [0.717, 1.165) is 56.9 Å². The van der Waals surface area contributed by atoms with Crippen molar-refractivity contribution in [3.8, 4) is 0 Å². The lowest BCUT2D eigenvalue weighted by Crippen LogP contribution is -2.37. The van der Waals surface area contributed by atoms with Gasteiger partial charge in [-0.1, -0.05) is 51.5 Å². The van der Waals surface area contributed by atoms with E-state index in [0.29, 0.717) is 23.2 Å². The Morgan fingerprint density at radius 1 is 1.19 bits per heavy atom. The molecule has 3 heterocycles. The quantitative estimate of drug-likeness (QED) is 0.429. The van der Waals surface area contributed by atoms with Gasteiger partial charge in [0.25, 0.3) is 11.5 Å². The Morgan fingerprint density at radius 2 is 1.97 bits per heavy atom. The van der Waals surface area contributed by atoms with Crippen molar-refractivity contribution < 1.29 is 4.79 Å². The molecule has 32 heavy (non-hydrogen) atoms. The van der Waals surface area contributed by atoms with Crippen molar-refractivity contribution in [2.24, 2.45) is 0 Å². The lowest BCUT2D eigenvalue weighted by Gasteiger charge is -2.26. The molecule has 0 aromatic carbocycles. The standard InChI is InChI=1S/C25H33N5O2/c1-3-4-5-9-14-27-24(31)19-16-20-23(30(21(19)26)18-12-7-6-8-13-18)28-22-17(2)11-10-15-29(22)25(20)32/h10-11,15-16,18,26H,3-9,12-14H2,1-2H3,(H,27,31). The average molecular weight is 436 g/mol. The van der Waals surface area contributed by atoms with Crippen LogP contribution in [0.5, 0.6) is 0 Å². The van der Waals surface area contributed by atoms with Gasteiger partial charge in [0, 0.05) is 18.8 Å². The third-order valence-electron chi connectivity index (χ3n) is 6.58. The highest BCUT2D eigenvalue weighted by atomic mass is 16.1. The highest BCUT2D eigenvalue weighted by Crippen LogP contribution is 2.29. The first-order valence-electron chi connectivity index (χ1n) is 11.9. The molecule has 0 atom stereocenters. The van der Waals surface area contributed by atoms with Gasteiger partial charge in [-0.15, -0.1) is 0 Å². The first kappa shape index (κ1) is 22.2. The number of nitrogens with zero attached hydrogens (tertiary/aromatic N) is 3. The van der Waals surface area contributed by atoms with Crippen molar-refractivity contribution in [1.29, 1.82) is 5.41 Å². The van der Waals surface area contributed by atoms with E-state index in [1.165, 1.54) is 6.42 Å². The smallest absolute Gasteiger partial charge is 0.267 e. The first-order valence-corrected chi connectivity index (χ1v) is 11.9. The molecule has 2 N–H and O–H groups in total. The van der Waals surface area contributed by atoms with E-state index in [1.54, 1.807) is 16.7 Å². The number of hydrogen-bond acceptors (Lipinski definition) is 4. The van der Waals surface area contributed by atoms with Crippen LogP contribution in [0.25, 0.3) is 16.7 Å². The summed E-state index contributed by atoms with van der Waals surface area (Å²) in [5, 5.41) is 12.3. The monoisotopic (exact) mass is 435 g/mol. The van der Waals surface area contributed by atoms with Gasteiger partial charge in [0.2, 0.25) is 0 Å². The molecule has 3 aromatic rings. The molecule has 1 saturated carbocycles. The number of rotatable bonds is 7.